The molecule has 1 aromatic carbocycles. The number of aromatic amines is 1. The van der Waals surface area contributed by atoms with Gasteiger partial charge in [0.15, 0.2) is 0 Å². The number of rotatable bonds is 9. The van der Waals surface area contributed by atoms with Gasteiger partial charge in [-0.05, 0) is 44.9 Å². The third-order valence-corrected chi connectivity index (χ3v) is 6.44. The van der Waals surface area contributed by atoms with Gasteiger partial charge in [0.25, 0.3) is 5.56 Å². The van der Waals surface area contributed by atoms with Crippen molar-refractivity contribution in [3.05, 3.63) is 56.4 Å². The first-order valence-electron chi connectivity index (χ1n) is 10.4. The molecule has 2 heterocycles. The average Bonchev–Trinajstić information content (AvgIpc) is 3.08. The highest BCUT2D eigenvalue weighted by atomic mass is 32.1. The number of ether oxygens (including phenoxy) is 2. The van der Waals surface area contributed by atoms with Crippen LogP contribution in [0.5, 0.6) is 5.75 Å². The zero-order valence-corrected chi connectivity index (χ0v) is 19.8. The summed E-state index contributed by atoms with van der Waals surface area (Å²) < 4.78 is 10.6. The van der Waals surface area contributed by atoms with Crippen molar-refractivity contribution in [3.8, 4) is 5.75 Å². The number of aromatic nitrogens is 2. The maximum atomic E-state index is 12.7. The zero-order chi connectivity index (χ0) is 23.4. The molecule has 8 nitrogen and oxygen atoms in total. The van der Waals surface area contributed by atoms with Gasteiger partial charge < -0.3 is 19.6 Å². The number of fused-ring (bicyclic) bond motifs is 1. The van der Waals surface area contributed by atoms with E-state index in [1.807, 2.05) is 49.9 Å². The van der Waals surface area contributed by atoms with Crippen LogP contribution in [-0.4, -0.2) is 58.4 Å². The van der Waals surface area contributed by atoms with Gasteiger partial charge >= 0.3 is 5.97 Å². The Balaban J connectivity index is 1.74. The van der Waals surface area contributed by atoms with Gasteiger partial charge in [-0.3, -0.25) is 9.69 Å². The number of para-hydroxylation sites is 1. The maximum absolute atomic E-state index is 12.7. The predicted molar refractivity (Wildman–Crippen MR) is 125 cm³/mol. The summed E-state index contributed by atoms with van der Waals surface area (Å²) in [6.45, 7) is 8.54. The fourth-order valence-corrected chi connectivity index (χ4v) is 4.55. The summed E-state index contributed by atoms with van der Waals surface area (Å²) in [5, 5.41) is 10.9. The molecular formula is C23H29N3O5S. The Morgan fingerprint density at radius 2 is 2.00 bits per heavy atom. The van der Waals surface area contributed by atoms with Gasteiger partial charge in [-0.1, -0.05) is 18.2 Å². The minimum atomic E-state index is -0.720. The monoisotopic (exact) mass is 459 g/mol. The highest BCUT2D eigenvalue weighted by Gasteiger charge is 2.22. The maximum Gasteiger partial charge on any atom is 0.348 e. The van der Waals surface area contributed by atoms with Crippen molar-refractivity contribution < 1.29 is 19.4 Å². The van der Waals surface area contributed by atoms with Crippen LogP contribution in [0.15, 0.2) is 29.1 Å². The van der Waals surface area contributed by atoms with Crippen molar-refractivity contribution in [3.63, 3.8) is 0 Å². The lowest BCUT2D eigenvalue weighted by Gasteiger charge is -2.28. The van der Waals surface area contributed by atoms with Crippen molar-refractivity contribution in [2.24, 2.45) is 0 Å². The number of H-pyrrole nitrogens is 1. The molecule has 0 aliphatic carbocycles. The van der Waals surface area contributed by atoms with E-state index in [1.54, 1.807) is 6.92 Å². The normalized spacial score (nSPS) is 12.5. The van der Waals surface area contributed by atoms with Crippen LogP contribution in [0.1, 0.15) is 40.5 Å². The molecule has 0 saturated heterocycles. The largest absolute Gasteiger partial charge is 0.491 e. The van der Waals surface area contributed by atoms with Gasteiger partial charge in [0.1, 0.15) is 34.0 Å². The van der Waals surface area contributed by atoms with E-state index in [2.05, 4.69) is 9.97 Å². The van der Waals surface area contributed by atoms with Crippen LogP contribution in [0.3, 0.4) is 0 Å². The van der Waals surface area contributed by atoms with Gasteiger partial charge in [-0.2, -0.15) is 0 Å². The number of aliphatic hydroxyl groups excluding tert-OH is 1. The van der Waals surface area contributed by atoms with E-state index in [4.69, 9.17) is 9.47 Å². The number of hydrogen-bond acceptors (Lipinski definition) is 8. The molecule has 3 aromatic rings. The molecule has 172 valence electrons. The lowest BCUT2D eigenvalue weighted by Crippen LogP contribution is -2.40. The number of carbonyl (C=O) groups is 1. The molecule has 2 aromatic heterocycles. The number of carbonyl (C=O) groups excluding carboxylic acids is 1. The molecule has 0 amide bonds. The van der Waals surface area contributed by atoms with Gasteiger partial charge in [-0.15, -0.1) is 11.3 Å². The minimum Gasteiger partial charge on any atom is -0.491 e. The molecule has 0 aliphatic rings. The SMILES string of the molecule is COC(=O)c1sc2nc(CN(CC(O)COc3ccccc3C)C(C)C)[nH]c(=O)c2c1C. The first kappa shape index (κ1) is 23.9. The second-order valence-electron chi connectivity index (χ2n) is 7.99. The lowest BCUT2D eigenvalue weighted by molar-refractivity contribution is 0.0531. The molecule has 0 fully saturated rings. The van der Waals surface area contributed by atoms with Crippen molar-refractivity contribution in [2.45, 2.75) is 46.4 Å². The molecule has 0 bridgehead atoms. The van der Waals surface area contributed by atoms with Crippen LogP contribution in [0, 0.1) is 13.8 Å². The number of esters is 1. The summed E-state index contributed by atoms with van der Waals surface area (Å²) in [4.78, 5) is 34.9. The number of benzene rings is 1. The summed E-state index contributed by atoms with van der Waals surface area (Å²) in [5.74, 6) is 0.737. The molecule has 2 N–H and O–H groups in total. The summed E-state index contributed by atoms with van der Waals surface area (Å²) in [6, 6.07) is 7.76. The number of aliphatic hydroxyl groups is 1. The summed E-state index contributed by atoms with van der Waals surface area (Å²) in [6.07, 6.45) is -0.720. The molecule has 0 saturated carbocycles. The van der Waals surface area contributed by atoms with Crippen LogP contribution in [-0.2, 0) is 11.3 Å². The first-order valence-corrected chi connectivity index (χ1v) is 11.2. The Kier molecular flexibility index (Phi) is 7.65. The third kappa shape index (κ3) is 5.35. The van der Waals surface area contributed by atoms with Crippen LogP contribution in [0.25, 0.3) is 10.2 Å². The Morgan fingerprint density at radius 3 is 2.66 bits per heavy atom. The van der Waals surface area contributed by atoms with E-state index in [0.29, 0.717) is 39.6 Å². The predicted octanol–water partition coefficient (Wildman–Crippen LogP) is 3.04. The quantitative estimate of drug-likeness (QED) is 0.474. The van der Waals surface area contributed by atoms with Crippen molar-refractivity contribution in [2.75, 3.05) is 20.3 Å². The molecule has 0 spiro atoms. The van der Waals surface area contributed by atoms with Crippen molar-refractivity contribution >= 4 is 27.5 Å². The molecule has 9 heteroatoms. The Morgan fingerprint density at radius 1 is 1.28 bits per heavy atom. The van der Waals surface area contributed by atoms with Crippen LogP contribution >= 0.6 is 11.3 Å². The van der Waals surface area contributed by atoms with E-state index < -0.39 is 12.1 Å². The standard InChI is InChI=1S/C23H29N3O5S/c1-13(2)26(10-16(27)12-31-17-9-7-6-8-14(17)3)11-18-24-21(28)19-15(4)20(23(29)30-5)32-22(19)25-18/h6-9,13,16,27H,10-12H2,1-5H3,(H,24,25,28). The van der Waals surface area contributed by atoms with E-state index >= 15 is 0 Å². The summed E-state index contributed by atoms with van der Waals surface area (Å²) in [5.41, 5.74) is 1.29. The van der Waals surface area contributed by atoms with E-state index in [0.717, 1.165) is 22.6 Å². The molecule has 1 unspecified atom stereocenters. The first-order chi connectivity index (χ1) is 15.2. The number of nitrogens with zero attached hydrogens (tertiary/aromatic N) is 2. The number of nitrogens with one attached hydrogen (secondary N) is 1. The molecule has 0 radical (unpaired) electrons. The fraction of sp³-hybridized carbons (Fsp3) is 0.435. The van der Waals surface area contributed by atoms with Gasteiger partial charge in [0.05, 0.1) is 19.0 Å². The molecule has 3 rings (SSSR count). The third-order valence-electron chi connectivity index (χ3n) is 5.27. The van der Waals surface area contributed by atoms with Gasteiger partial charge in [-0.25, -0.2) is 9.78 Å². The molecule has 1 atom stereocenters. The van der Waals surface area contributed by atoms with E-state index in [9.17, 15) is 14.7 Å². The Labute approximate surface area is 190 Å². The zero-order valence-electron chi connectivity index (χ0n) is 19.0. The van der Waals surface area contributed by atoms with Crippen LogP contribution in [0.4, 0.5) is 0 Å². The average molecular weight is 460 g/mol. The molecular weight excluding hydrogens is 430 g/mol. The highest BCUT2D eigenvalue weighted by molar-refractivity contribution is 7.20. The van der Waals surface area contributed by atoms with Crippen molar-refractivity contribution in [1.29, 1.82) is 0 Å². The molecule has 0 aliphatic heterocycles. The van der Waals surface area contributed by atoms with Crippen molar-refractivity contribution in [1.82, 2.24) is 14.9 Å². The highest BCUT2D eigenvalue weighted by Crippen LogP contribution is 2.27. The number of thiophene rings is 1. The van der Waals surface area contributed by atoms with Crippen LogP contribution in [0.2, 0.25) is 0 Å². The Hall–Kier alpha value is -2.75. The number of aryl methyl sites for hydroxylation is 2. The second-order valence-corrected chi connectivity index (χ2v) is 8.99. The number of methoxy groups -OCH3 is 1. The summed E-state index contributed by atoms with van der Waals surface area (Å²) in [7, 11) is 1.31. The van der Waals surface area contributed by atoms with E-state index in [1.165, 1.54) is 7.11 Å². The Bertz CT molecular complexity index is 1150. The minimum absolute atomic E-state index is 0.0970. The van der Waals surface area contributed by atoms with Gasteiger partial charge in [0.2, 0.25) is 0 Å². The van der Waals surface area contributed by atoms with E-state index in [-0.39, 0.29) is 18.2 Å². The smallest absolute Gasteiger partial charge is 0.348 e. The van der Waals surface area contributed by atoms with Gasteiger partial charge in [0, 0.05) is 12.6 Å². The number of hydrogen-bond donors (Lipinski definition) is 2. The second kappa shape index (κ2) is 10.2. The fourth-order valence-electron chi connectivity index (χ4n) is 3.43. The lowest BCUT2D eigenvalue weighted by atomic mass is 10.2. The molecule has 32 heavy (non-hydrogen) atoms. The van der Waals surface area contributed by atoms with Crippen LogP contribution < -0.4 is 10.3 Å². The summed E-state index contributed by atoms with van der Waals surface area (Å²) >= 11 is 1.15. The topological polar surface area (TPSA) is 105 Å².